The van der Waals surface area contributed by atoms with Crippen molar-refractivity contribution >= 4 is 0 Å². The molecule has 0 bridgehead atoms. The maximum Gasteiger partial charge on any atom is 0.0659 e. The Kier molecular flexibility index (Phi) is 2.52. The summed E-state index contributed by atoms with van der Waals surface area (Å²) < 4.78 is 0. The molecule has 0 aliphatic carbocycles. The van der Waals surface area contributed by atoms with Gasteiger partial charge >= 0.3 is 0 Å². The first-order chi connectivity index (χ1) is 2.81. The molecule has 0 aromatic rings. The molecule has 1 atom stereocenters. The minimum atomic E-state index is -0.0370. The highest BCUT2D eigenvalue weighted by molar-refractivity contribution is 4.95. The van der Waals surface area contributed by atoms with Crippen LogP contribution in [0, 0.1) is 12.3 Å². The number of hydrogen-bond donors (Lipinski definition) is 1. The molecule has 1 heteroatoms. The van der Waals surface area contributed by atoms with E-state index in [0.717, 1.165) is 6.42 Å². The van der Waals surface area contributed by atoms with Gasteiger partial charge in [-0.25, -0.2) is 0 Å². The summed E-state index contributed by atoms with van der Waals surface area (Å²) in [4.78, 5) is 0. The molecule has 0 aliphatic heterocycles. The Morgan fingerprint density at radius 3 is 2.50 bits per heavy atom. The molecule has 34 valence electrons. The predicted octanol–water partition coefficient (Wildman–Crippen LogP) is 0.357. The van der Waals surface area contributed by atoms with Gasteiger partial charge in [0.1, 0.15) is 0 Å². The Morgan fingerprint density at radius 2 is 2.50 bits per heavy atom. The quantitative estimate of drug-likeness (QED) is 0.455. The maximum atomic E-state index is 5.24. The zero-order valence-electron chi connectivity index (χ0n) is 3.94. The average molecular weight is 83.1 g/mol. The highest BCUT2D eigenvalue weighted by Crippen LogP contribution is 1.77. The minimum absolute atomic E-state index is 0.0370. The molecule has 0 saturated carbocycles. The van der Waals surface area contributed by atoms with Crippen molar-refractivity contribution in [1.29, 1.82) is 0 Å². The summed E-state index contributed by atoms with van der Waals surface area (Å²) >= 11 is 0. The fourth-order valence-electron chi connectivity index (χ4n) is 0.118. The van der Waals surface area contributed by atoms with E-state index in [-0.39, 0.29) is 6.04 Å². The number of rotatable bonds is 1. The number of hydrogen-bond acceptors (Lipinski definition) is 1. The van der Waals surface area contributed by atoms with Crippen molar-refractivity contribution in [3.8, 4) is 12.3 Å². The topological polar surface area (TPSA) is 26.0 Å². The molecule has 0 heterocycles. The number of nitrogens with two attached hydrogens (primary N) is 1. The molecule has 1 unspecified atom stereocenters. The van der Waals surface area contributed by atoms with E-state index in [1.54, 1.807) is 0 Å². The van der Waals surface area contributed by atoms with Crippen LogP contribution in [0.4, 0.5) is 0 Å². The van der Waals surface area contributed by atoms with Gasteiger partial charge in [-0.1, -0.05) is 12.8 Å². The number of terminal acetylenes is 1. The molecular weight excluding hydrogens is 74.1 g/mol. The van der Waals surface area contributed by atoms with E-state index in [4.69, 9.17) is 12.2 Å². The van der Waals surface area contributed by atoms with Gasteiger partial charge in [-0.05, 0) is 6.42 Å². The summed E-state index contributed by atoms with van der Waals surface area (Å²) in [6.45, 7) is 1.96. The fraction of sp³-hybridized carbons (Fsp3) is 0.600. The van der Waals surface area contributed by atoms with Crippen LogP contribution in [0.2, 0.25) is 0 Å². The fourth-order valence-corrected chi connectivity index (χ4v) is 0.118. The van der Waals surface area contributed by atoms with Gasteiger partial charge < -0.3 is 5.73 Å². The van der Waals surface area contributed by atoms with Gasteiger partial charge in [0.15, 0.2) is 0 Å². The summed E-state index contributed by atoms with van der Waals surface area (Å²) in [5.41, 5.74) is 5.24. The standard InChI is InChI=1S/C5H9N/c1-3-5(6)4-2/h1,5H,4,6H2,2H3. The molecule has 0 fully saturated rings. The molecule has 0 aromatic carbocycles. The van der Waals surface area contributed by atoms with Crippen molar-refractivity contribution in [2.75, 3.05) is 0 Å². The highest BCUT2D eigenvalue weighted by atomic mass is 14.6. The summed E-state index contributed by atoms with van der Waals surface area (Å²) in [5.74, 6) is 2.39. The van der Waals surface area contributed by atoms with Gasteiger partial charge in [0.2, 0.25) is 0 Å². The van der Waals surface area contributed by atoms with Gasteiger partial charge in [-0.2, -0.15) is 0 Å². The smallest absolute Gasteiger partial charge is 0.0659 e. The second kappa shape index (κ2) is 2.74. The van der Waals surface area contributed by atoms with Gasteiger partial charge in [0.05, 0.1) is 6.04 Å². The van der Waals surface area contributed by atoms with Crippen molar-refractivity contribution in [2.24, 2.45) is 5.73 Å². The summed E-state index contributed by atoms with van der Waals surface area (Å²) in [6, 6.07) is -0.0370. The second-order valence-corrected chi connectivity index (χ2v) is 1.18. The van der Waals surface area contributed by atoms with Crippen molar-refractivity contribution in [2.45, 2.75) is 19.4 Å². The van der Waals surface area contributed by atoms with Crippen molar-refractivity contribution in [3.63, 3.8) is 0 Å². The molecule has 0 aromatic heterocycles. The zero-order chi connectivity index (χ0) is 4.99. The molecule has 0 saturated heterocycles. The zero-order valence-corrected chi connectivity index (χ0v) is 3.94. The van der Waals surface area contributed by atoms with Crippen LogP contribution in [0.3, 0.4) is 0 Å². The van der Waals surface area contributed by atoms with Crippen LogP contribution in [0.5, 0.6) is 0 Å². The highest BCUT2D eigenvalue weighted by Gasteiger charge is 1.84. The first-order valence-corrected chi connectivity index (χ1v) is 2.03. The summed E-state index contributed by atoms with van der Waals surface area (Å²) in [6.07, 6.45) is 5.78. The first kappa shape index (κ1) is 5.52. The summed E-state index contributed by atoms with van der Waals surface area (Å²) in [7, 11) is 0. The van der Waals surface area contributed by atoms with Crippen LogP contribution in [0.15, 0.2) is 0 Å². The third-order valence-electron chi connectivity index (χ3n) is 0.654. The van der Waals surface area contributed by atoms with E-state index >= 15 is 0 Å². The van der Waals surface area contributed by atoms with Crippen LogP contribution >= 0.6 is 0 Å². The Balaban J connectivity index is 3.04. The average Bonchev–Trinajstić information content (AvgIpc) is 1.65. The van der Waals surface area contributed by atoms with Gasteiger partial charge in [0, 0.05) is 0 Å². The second-order valence-electron chi connectivity index (χ2n) is 1.18. The maximum absolute atomic E-state index is 5.24. The lowest BCUT2D eigenvalue weighted by Gasteiger charge is -1.91. The Morgan fingerprint density at radius 1 is 2.00 bits per heavy atom. The lowest BCUT2D eigenvalue weighted by molar-refractivity contribution is 0.807. The molecule has 0 rings (SSSR count). The van der Waals surface area contributed by atoms with Gasteiger partial charge in [-0.3, -0.25) is 0 Å². The summed E-state index contributed by atoms with van der Waals surface area (Å²) in [5, 5.41) is 0. The SMILES string of the molecule is C#CC(N)CC. The van der Waals surface area contributed by atoms with Crippen LogP contribution < -0.4 is 5.73 Å². The first-order valence-electron chi connectivity index (χ1n) is 2.03. The monoisotopic (exact) mass is 83.1 g/mol. The molecular formula is C5H9N. The van der Waals surface area contributed by atoms with E-state index in [2.05, 4.69) is 5.92 Å². The van der Waals surface area contributed by atoms with Crippen molar-refractivity contribution in [1.82, 2.24) is 0 Å². The van der Waals surface area contributed by atoms with E-state index in [1.165, 1.54) is 0 Å². The lowest BCUT2D eigenvalue weighted by atomic mass is 10.3. The van der Waals surface area contributed by atoms with E-state index < -0.39 is 0 Å². The van der Waals surface area contributed by atoms with Crippen molar-refractivity contribution in [3.05, 3.63) is 0 Å². The Labute approximate surface area is 38.5 Å². The van der Waals surface area contributed by atoms with E-state index in [9.17, 15) is 0 Å². The third kappa shape index (κ3) is 1.80. The predicted molar refractivity (Wildman–Crippen MR) is 27.1 cm³/mol. The van der Waals surface area contributed by atoms with E-state index in [1.807, 2.05) is 6.92 Å². The molecule has 0 amide bonds. The molecule has 0 radical (unpaired) electrons. The van der Waals surface area contributed by atoms with Crippen LogP contribution in [0.1, 0.15) is 13.3 Å². The Bertz CT molecular complexity index is 60.8. The minimum Gasteiger partial charge on any atom is -0.318 e. The molecule has 0 spiro atoms. The molecule has 0 aliphatic rings. The van der Waals surface area contributed by atoms with Gasteiger partial charge in [-0.15, -0.1) is 6.42 Å². The van der Waals surface area contributed by atoms with Gasteiger partial charge in [0.25, 0.3) is 0 Å². The Hall–Kier alpha value is -0.480. The largest absolute Gasteiger partial charge is 0.318 e. The van der Waals surface area contributed by atoms with Crippen molar-refractivity contribution < 1.29 is 0 Å². The third-order valence-corrected chi connectivity index (χ3v) is 0.654. The van der Waals surface area contributed by atoms with Crippen LogP contribution in [-0.2, 0) is 0 Å². The lowest BCUT2D eigenvalue weighted by Crippen LogP contribution is -2.14. The molecule has 6 heavy (non-hydrogen) atoms. The molecule has 2 N–H and O–H groups in total. The van der Waals surface area contributed by atoms with Crippen LogP contribution in [-0.4, -0.2) is 6.04 Å². The normalized spacial score (nSPS) is 12.8. The van der Waals surface area contributed by atoms with Crippen LogP contribution in [0.25, 0.3) is 0 Å². The molecule has 1 nitrogen and oxygen atoms in total. The van der Waals surface area contributed by atoms with E-state index in [0.29, 0.717) is 0 Å².